The molecule has 0 saturated carbocycles. The maximum atomic E-state index is 13.3. The van der Waals surface area contributed by atoms with Crippen LogP contribution in [0.25, 0.3) is 4.85 Å². The lowest BCUT2D eigenvalue weighted by Crippen LogP contribution is -2.40. The van der Waals surface area contributed by atoms with Crippen molar-refractivity contribution < 1.29 is 14.3 Å². The summed E-state index contributed by atoms with van der Waals surface area (Å²) in [7, 11) is 0. The second-order valence-corrected chi connectivity index (χ2v) is 8.64. The monoisotopic (exact) mass is 441 g/mol. The lowest BCUT2D eigenvalue weighted by Gasteiger charge is -2.33. The van der Waals surface area contributed by atoms with Crippen molar-refractivity contribution >= 4 is 11.6 Å². The Balaban J connectivity index is 1.46. The maximum absolute atomic E-state index is 13.3. The van der Waals surface area contributed by atoms with Crippen LogP contribution in [0.2, 0.25) is 0 Å². The van der Waals surface area contributed by atoms with Gasteiger partial charge in [-0.25, -0.2) is 9.83 Å². The van der Waals surface area contributed by atoms with E-state index in [0.717, 1.165) is 35.4 Å². The van der Waals surface area contributed by atoms with E-state index in [0.29, 0.717) is 43.4 Å². The maximum Gasteiger partial charge on any atom is 0.240 e. The van der Waals surface area contributed by atoms with Crippen molar-refractivity contribution in [3.8, 4) is 17.2 Å². The van der Waals surface area contributed by atoms with Crippen LogP contribution in [0.1, 0.15) is 35.7 Å². The first-order valence-electron chi connectivity index (χ1n) is 11.2. The summed E-state index contributed by atoms with van der Waals surface area (Å²) in [5, 5.41) is 3.45. The van der Waals surface area contributed by atoms with E-state index in [9.17, 15) is 4.79 Å². The van der Waals surface area contributed by atoms with E-state index in [2.05, 4.69) is 19.7 Å². The summed E-state index contributed by atoms with van der Waals surface area (Å²) >= 11 is 0. The number of carbonyl (C=O) groups excluding carboxylic acids is 1. The minimum absolute atomic E-state index is 0.0540. The minimum atomic E-state index is -0.212. The summed E-state index contributed by atoms with van der Waals surface area (Å²) in [6.45, 7) is 9.99. The molecular formula is C25H23N5O3. The summed E-state index contributed by atoms with van der Waals surface area (Å²) in [6.07, 6.45) is 5.13. The molecule has 6 rings (SSSR count). The van der Waals surface area contributed by atoms with Gasteiger partial charge in [0.2, 0.25) is 11.6 Å². The van der Waals surface area contributed by atoms with Gasteiger partial charge in [0.25, 0.3) is 0 Å². The van der Waals surface area contributed by atoms with Crippen LogP contribution >= 0.6 is 0 Å². The fraction of sp³-hybridized carbons (Fsp3) is 0.320. The van der Waals surface area contributed by atoms with Gasteiger partial charge in [0, 0.05) is 37.8 Å². The highest BCUT2D eigenvalue weighted by Crippen LogP contribution is 2.42. The molecule has 8 heteroatoms. The highest BCUT2D eigenvalue weighted by molar-refractivity contribution is 5.84. The van der Waals surface area contributed by atoms with Gasteiger partial charge in [0.05, 0.1) is 37.3 Å². The summed E-state index contributed by atoms with van der Waals surface area (Å²) in [5.41, 5.74) is 3.42. The van der Waals surface area contributed by atoms with Crippen molar-refractivity contribution in [2.75, 3.05) is 13.2 Å². The summed E-state index contributed by atoms with van der Waals surface area (Å²) in [6, 6.07) is 11.1. The lowest BCUT2D eigenvalue weighted by molar-refractivity contribution is -0.132. The van der Waals surface area contributed by atoms with Gasteiger partial charge >= 0.3 is 0 Å². The van der Waals surface area contributed by atoms with Crippen molar-refractivity contribution in [1.82, 2.24) is 19.8 Å². The topological polar surface area (TPSA) is 73.0 Å². The predicted molar refractivity (Wildman–Crippen MR) is 120 cm³/mol. The van der Waals surface area contributed by atoms with Crippen molar-refractivity contribution in [2.45, 2.75) is 38.0 Å². The number of imidazole rings is 1. The Kier molecular flexibility index (Phi) is 4.77. The number of ether oxygens (including phenoxy) is 2. The number of benzene rings is 2. The zero-order chi connectivity index (χ0) is 22.4. The number of fused-ring (bicyclic) bond motifs is 7. The molecule has 1 saturated heterocycles. The van der Waals surface area contributed by atoms with Crippen LogP contribution in [0.3, 0.4) is 0 Å². The second kappa shape index (κ2) is 7.94. The number of rotatable bonds is 0. The molecule has 2 aromatic carbocycles. The average molecular weight is 441 g/mol. The smallest absolute Gasteiger partial charge is 0.240 e. The number of nitrogens with zero attached hydrogens (tertiary/aromatic N) is 4. The molecule has 4 heterocycles. The number of aromatic nitrogens is 2. The number of carbonyl (C=O) groups is 1. The third kappa shape index (κ3) is 3.51. The molecule has 0 aliphatic carbocycles. The Labute approximate surface area is 191 Å². The van der Waals surface area contributed by atoms with Gasteiger partial charge in [0.1, 0.15) is 17.2 Å². The molecule has 1 fully saturated rings. The fourth-order valence-electron chi connectivity index (χ4n) is 4.96. The molecule has 8 nitrogen and oxygen atoms in total. The van der Waals surface area contributed by atoms with Crippen molar-refractivity contribution in [3.63, 3.8) is 0 Å². The zero-order valence-corrected chi connectivity index (χ0v) is 18.0. The van der Waals surface area contributed by atoms with E-state index in [1.54, 1.807) is 12.4 Å². The number of hydrogen-bond donors (Lipinski definition) is 1. The van der Waals surface area contributed by atoms with Crippen LogP contribution < -0.4 is 14.8 Å². The van der Waals surface area contributed by atoms with E-state index in [1.165, 1.54) is 0 Å². The molecule has 3 aliphatic rings. The van der Waals surface area contributed by atoms with Gasteiger partial charge in [-0.05, 0) is 36.2 Å². The Bertz CT molecular complexity index is 1280. The van der Waals surface area contributed by atoms with Gasteiger partial charge in [0.15, 0.2) is 0 Å². The molecule has 0 spiro atoms. The third-order valence-corrected chi connectivity index (χ3v) is 6.66. The quantitative estimate of drug-likeness (QED) is 0.537. The van der Waals surface area contributed by atoms with Crippen molar-refractivity contribution in [3.05, 3.63) is 77.2 Å². The second-order valence-electron chi connectivity index (χ2n) is 8.64. The van der Waals surface area contributed by atoms with Crippen LogP contribution in [0.15, 0.2) is 48.9 Å². The average Bonchev–Trinajstić information content (AvgIpc) is 3.43. The van der Waals surface area contributed by atoms with Crippen LogP contribution in [-0.4, -0.2) is 39.6 Å². The van der Waals surface area contributed by atoms with Crippen LogP contribution in [-0.2, 0) is 17.9 Å². The molecule has 3 aliphatic heterocycles. The number of hydrogen-bond acceptors (Lipinski definition) is 5. The summed E-state index contributed by atoms with van der Waals surface area (Å²) in [4.78, 5) is 23.2. The molecule has 6 bridgehead atoms. The van der Waals surface area contributed by atoms with Gasteiger partial charge in [-0.1, -0.05) is 12.1 Å². The SMILES string of the molecule is [C-]#[N+]c1ccc2cc1Oc1ccc3c(c1)C(CCO3)N1CC[C@H](NCc3cncn3C2)C1=O. The van der Waals surface area contributed by atoms with Crippen LogP contribution in [0.4, 0.5) is 5.69 Å². The molecule has 33 heavy (non-hydrogen) atoms. The Morgan fingerprint density at radius 1 is 1.15 bits per heavy atom. The zero-order valence-electron chi connectivity index (χ0n) is 18.0. The Morgan fingerprint density at radius 3 is 3.00 bits per heavy atom. The van der Waals surface area contributed by atoms with E-state index in [-0.39, 0.29) is 18.0 Å². The number of amides is 1. The van der Waals surface area contributed by atoms with Gasteiger partial charge in [-0.15, -0.1) is 0 Å². The van der Waals surface area contributed by atoms with Gasteiger partial charge < -0.3 is 24.3 Å². The van der Waals surface area contributed by atoms with Crippen molar-refractivity contribution in [1.29, 1.82) is 0 Å². The van der Waals surface area contributed by atoms with E-state index >= 15 is 0 Å². The Morgan fingerprint density at radius 2 is 2.09 bits per heavy atom. The molecule has 1 aromatic heterocycles. The van der Waals surface area contributed by atoms with Crippen LogP contribution in [0, 0.1) is 6.57 Å². The predicted octanol–water partition coefficient (Wildman–Crippen LogP) is 3.80. The van der Waals surface area contributed by atoms with Gasteiger partial charge in [-0.2, -0.15) is 0 Å². The fourth-order valence-corrected chi connectivity index (χ4v) is 4.96. The molecular weight excluding hydrogens is 418 g/mol. The molecule has 2 atom stereocenters. The number of nitrogens with one attached hydrogen (secondary N) is 1. The first kappa shape index (κ1) is 19.8. The highest BCUT2D eigenvalue weighted by Gasteiger charge is 2.38. The van der Waals surface area contributed by atoms with E-state index < -0.39 is 0 Å². The van der Waals surface area contributed by atoms with Crippen LogP contribution in [0.5, 0.6) is 17.2 Å². The molecule has 1 unspecified atom stereocenters. The van der Waals surface area contributed by atoms with Crippen molar-refractivity contribution in [2.24, 2.45) is 0 Å². The molecule has 3 aromatic rings. The highest BCUT2D eigenvalue weighted by atomic mass is 16.5. The van der Waals surface area contributed by atoms with E-state index in [1.807, 2.05) is 41.4 Å². The molecule has 0 radical (unpaired) electrons. The largest absolute Gasteiger partial charge is 0.493 e. The molecule has 166 valence electrons. The summed E-state index contributed by atoms with van der Waals surface area (Å²) < 4.78 is 14.2. The standard InChI is InChI=1S/C25H23N5O3/c1-26-20-4-2-16-10-24(20)33-18-3-5-23-19(11-18)22(7-9-32-23)30-8-6-21(25(30)31)28-13-17-12-27-15-29(17)14-16/h2-5,10-12,15,21-22,28H,6-9,13-14H2/t21-,22?/m0/s1. The first-order chi connectivity index (χ1) is 16.2. The lowest BCUT2D eigenvalue weighted by atomic mass is 9.98. The first-order valence-corrected chi connectivity index (χ1v) is 11.2. The normalized spacial score (nSPS) is 21.5. The molecule has 1 N–H and O–H groups in total. The van der Waals surface area contributed by atoms with E-state index in [4.69, 9.17) is 16.0 Å². The molecule has 1 amide bonds. The summed E-state index contributed by atoms with van der Waals surface area (Å²) in [5.74, 6) is 2.05. The third-order valence-electron chi connectivity index (χ3n) is 6.66. The van der Waals surface area contributed by atoms with Gasteiger partial charge in [-0.3, -0.25) is 4.79 Å². The minimum Gasteiger partial charge on any atom is -0.493 e. The Hall–Kier alpha value is -3.83.